The highest BCUT2D eigenvalue weighted by Gasteiger charge is 2.13. The van der Waals surface area contributed by atoms with E-state index in [0.717, 1.165) is 21.3 Å². The third kappa shape index (κ3) is 5.25. The zero-order valence-corrected chi connectivity index (χ0v) is 18.1. The number of phenols is 1. The van der Waals surface area contributed by atoms with Crippen LogP contribution in [0.4, 0.5) is 5.69 Å². The van der Waals surface area contributed by atoms with Gasteiger partial charge in [-0.15, -0.1) is 0 Å². The maximum absolute atomic E-state index is 9.36. The number of ether oxygens (including phenoxy) is 2. The zero-order chi connectivity index (χ0) is 20.1. The summed E-state index contributed by atoms with van der Waals surface area (Å²) in [7, 11) is 1.60. The summed E-state index contributed by atoms with van der Waals surface area (Å²) in [5.41, 5.74) is 2.75. The normalized spacial score (nSPS) is 10.6. The first kappa shape index (κ1) is 20.6. The molecule has 3 rings (SSSR count). The molecule has 0 saturated carbocycles. The molecule has 2 N–H and O–H groups in total. The number of rotatable bonds is 7. The van der Waals surface area contributed by atoms with Crippen molar-refractivity contribution in [3.8, 4) is 17.2 Å². The van der Waals surface area contributed by atoms with Crippen molar-refractivity contribution in [2.24, 2.45) is 0 Å². The summed E-state index contributed by atoms with van der Waals surface area (Å²) in [5, 5.41) is 13.8. The van der Waals surface area contributed by atoms with Gasteiger partial charge < -0.3 is 19.9 Å². The molecule has 146 valence electrons. The third-order valence-corrected chi connectivity index (χ3v) is 5.22. The van der Waals surface area contributed by atoms with Crippen LogP contribution < -0.4 is 14.8 Å². The Morgan fingerprint density at radius 2 is 1.79 bits per heavy atom. The van der Waals surface area contributed by atoms with Crippen LogP contribution in [-0.2, 0) is 13.2 Å². The van der Waals surface area contributed by atoms with E-state index < -0.39 is 0 Å². The third-order valence-electron chi connectivity index (χ3n) is 4.04. The quantitative estimate of drug-likeness (QED) is 0.369. The Bertz CT molecular complexity index is 965. The molecule has 0 bridgehead atoms. The summed E-state index contributed by atoms with van der Waals surface area (Å²) in [6, 6.07) is 16.1. The summed E-state index contributed by atoms with van der Waals surface area (Å²) in [6.45, 7) is 0.874. The minimum atomic E-state index is 0.234. The van der Waals surface area contributed by atoms with E-state index in [2.05, 4.69) is 21.2 Å². The first-order chi connectivity index (χ1) is 13.5. The van der Waals surface area contributed by atoms with Gasteiger partial charge in [-0.3, -0.25) is 0 Å². The first-order valence-corrected chi connectivity index (χ1v) is 9.97. The lowest BCUT2D eigenvalue weighted by Crippen LogP contribution is -2.03. The monoisotopic (exact) mass is 481 g/mol. The lowest BCUT2D eigenvalue weighted by molar-refractivity contribution is 0.282. The number of hydrogen-bond donors (Lipinski definition) is 2. The second-order valence-electron chi connectivity index (χ2n) is 6.03. The van der Waals surface area contributed by atoms with Crippen LogP contribution in [0.1, 0.15) is 11.1 Å². The van der Waals surface area contributed by atoms with E-state index in [1.54, 1.807) is 31.4 Å². The van der Waals surface area contributed by atoms with Crippen LogP contribution in [-0.4, -0.2) is 12.2 Å². The molecule has 3 aromatic carbocycles. The van der Waals surface area contributed by atoms with E-state index in [1.807, 2.05) is 30.3 Å². The van der Waals surface area contributed by atoms with Gasteiger partial charge in [0.05, 0.1) is 11.6 Å². The highest BCUT2D eigenvalue weighted by molar-refractivity contribution is 9.10. The Kier molecular flexibility index (Phi) is 6.94. The Morgan fingerprint density at radius 3 is 2.46 bits per heavy atom. The maximum Gasteiger partial charge on any atom is 0.175 e. The van der Waals surface area contributed by atoms with E-state index in [4.69, 9.17) is 32.7 Å². The average Bonchev–Trinajstić information content (AvgIpc) is 2.67. The number of phenolic OH excluding ortho intramolecular Hbond substituents is 1. The molecule has 0 amide bonds. The molecule has 0 saturated heterocycles. The van der Waals surface area contributed by atoms with Gasteiger partial charge in [-0.05, 0) is 70.0 Å². The number of halogens is 3. The van der Waals surface area contributed by atoms with Gasteiger partial charge in [0, 0.05) is 27.8 Å². The van der Waals surface area contributed by atoms with Gasteiger partial charge in [0.1, 0.15) is 12.4 Å². The van der Waals surface area contributed by atoms with Crippen LogP contribution in [0, 0.1) is 0 Å². The van der Waals surface area contributed by atoms with Crippen molar-refractivity contribution in [3.05, 3.63) is 80.2 Å². The van der Waals surface area contributed by atoms with E-state index in [9.17, 15) is 5.11 Å². The standard InChI is InChI=1S/C21H18BrCl2NO3/c1-27-20-9-13(11-25-16-4-6-17(26)7-5-16)8-18(22)21(20)28-12-14-2-3-15(23)10-19(14)24/h2-10,25-26H,11-12H2,1H3. The number of nitrogens with one attached hydrogen (secondary N) is 1. The van der Waals surface area contributed by atoms with E-state index in [1.165, 1.54) is 0 Å². The fourth-order valence-corrected chi connectivity index (χ4v) is 3.65. The van der Waals surface area contributed by atoms with Gasteiger partial charge in [0.15, 0.2) is 11.5 Å². The lowest BCUT2D eigenvalue weighted by Gasteiger charge is -2.15. The smallest absolute Gasteiger partial charge is 0.175 e. The van der Waals surface area contributed by atoms with Crippen LogP contribution in [0.5, 0.6) is 17.2 Å². The number of aromatic hydroxyl groups is 1. The van der Waals surface area contributed by atoms with Crippen molar-refractivity contribution in [3.63, 3.8) is 0 Å². The predicted octanol–water partition coefficient (Wildman–Crippen LogP) is 6.66. The first-order valence-electron chi connectivity index (χ1n) is 8.42. The molecule has 0 spiro atoms. The van der Waals surface area contributed by atoms with Crippen molar-refractivity contribution in [1.29, 1.82) is 0 Å². The Labute approximate surface area is 182 Å². The van der Waals surface area contributed by atoms with Crippen LogP contribution in [0.25, 0.3) is 0 Å². The highest BCUT2D eigenvalue weighted by Crippen LogP contribution is 2.38. The maximum atomic E-state index is 9.36. The molecule has 28 heavy (non-hydrogen) atoms. The van der Waals surface area contributed by atoms with Crippen LogP contribution in [0.15, 0.2) is 59.1 Å². The van der Waals surface area contributed by atoms with Crippen molar-refractivity contribution in [2.45, 2.75) is 13.2 Å². The second-order valence-corrected chi connectivity index (χ2v) is 7.73. The van der Waals surface area contributed by atoms with Crippen LogP contribution in [0.2, 0.25) is 10.0 Å². The van der Waals surface area contributed by atoms with Gasteiger partial charge in [0.2, 0.25) is 0 Å². The number of methoxy groups -OCH3 is 1. The Balaban J connectivity index is 1.72. The topological polar surface area (TPSA) is 50.7 Å². The fourth-order valence-electron chi connectivity index (χ4n) is 2.59. The van der Waals surface area contributed by atoms with E-state index >= 15 is 0 Å². The molecule has 0 heterocycles. The minimum Gasteiger partial charge on any atom is -0.508 e. The zero-order valence-electron chi connectivity index (χ0n) is 15.0. The Morgan fingerprint density at radius 1 is 1.04 bits per heavy atom. The van der Waals surface area contributed by atoms with Gasteiger partial charge >= 0.3 is 0 Å². The summed E-state index contributed by atoms with van der Waals surface area (Å²) < 4.78 is 12.2. The molecular formula is C21H18BrCl2NO3. The van der Waals surface area contributed by atoms with Crippen molar-refractivity contribution < 1.29 is 14.6 Å². The second kappa shape index (κ2) is 9.41. The van der Waals surface area contributed by atoms with Crippen molar-refractivity contribution in [1.82, 2.24) is 0 Å². The molecule has 0 radical (unpaired) electrons. The highest BCUT2D eigenvalue weighted by atomic mass is 79.9. The molecule has 0 aliphatic rings. The molecule has 0 atom stereocenters. The van der Waals surface area contributed by atoms with E-state index in [-0.39, 0.29) is 12.4 Å². The largest absolute Gasteiger partial charge is 0.508 e. The van der Waals surface area contributed by atoms with E-state index in [0.29, 0.717) is 28.1 Å². The molecule has 0 aliphatic carbocycles. The summed E-state index contributed by atoms with van der Waals surface area (Å²) >= 11 is 15.7. The molecule has 0 fully saturated rings. The average molecular weight is 483 g/mol. The number of benzene rings is 3. The fraction of sp³-hybridized carbons (Fsp3) is 0.143. The molecule has 4 nitrogen and oxygen atoms in total. The summed E-state index contributed by atoms with van der Waals surface area (Å²) in [5.74, 6) is 1.45. The molecular weight excluding hydrogens is 465 g/mol. The SMILES string of the molecule is COc1cc(CNc2ccc(O)cc2)cc(Br)c1OCc1ccc(Cl)cc1Cl. The lowest BCUT2D eigenvalue weighted by atomic mass is 10.2. The van der Waals surface area contributed by atoms with Crippen molar-refractivity contribution in [2.75, 3.05) is 12.4 Å². The minimum absolute atomic E-state index is 0.234. The molecule has 7 heteroatoms. The molecule has 0 aromatic heterocycles. The summed E-state index contributed by atoms with van der Waals surface area (Å²) in [6.07, 6.45) is 0. The summed E-state index contributed by atoms with van der Waals surface area (Å²) in [4.78, 5) is 0. The predicted molar refractivity (Wildman–Crippen MR) is 117 cm³/mol. The van der Waals surface area contributed by atoms with Gasteiger partial charge in [0.25, 0.3) is 0 Å². The van der Waals surface area contributed by atoms with Gasteiger partial charge in [-0.25, -0.2) is 0 Å². The molecule has 0 aliphatic heterocycles. The number of anilines is 1. The van der Waals surface area contributed by atoms with Gasteiger partial charge in [-0.1, -0.05) is 29.3 Å². The molecule has 3 aromatic rings. The number of hydrogen-bond acceptors (Lipinski definition) is 4. The van der Waals surface area contributed by atoms with Crippen molar-refractivity contribution >= 4 is 44.8 Å². The van der Waals surface area contributed by atoms with Crippen LogP contribution in [0.3, 0.4) is 0 Å². The molecule has 0 unspecified atom stereocenters. The van der Waals surface area contributed by atoms with Crippen LogP contribution >= 0.6 is 39.1 Å². The van der Waals surface area contributed by atoms with Gasteiger partial charge in [-0.2, -0.15) is 0 Å². The Hall–Kier alpha value is -2.08.